The molecule has 4 nitrogen and oxygen atoms in total. The van der Waals surface area contributed by atoms with Gasteiger partial charge in [0, 0.05) is 11.9 Å². The van der Waals surface area contributed by atoms with Crippen LogP contribution in [0.2, 0.25) is 10.4 Å². The number of halogens is 2. The Morgan fingerprint density at radius 2 is 2.06 bits per heavy atom. The molecule has 17 heavy (non-hydrogen) atoms. The van der Waals surface area contributed by atoms with Crippen LogP contribution in [-0.4, -0.2) is 9.38 Å². The Labute approximate surface area is 107 Å². The highest BCUT2D eigenvalue weighted by Crippen LogP contribution is 2.29. The van der Waals surface area contributed by atoms with Crippen molar-refractivity contribution < 1.29 is 4.42 Å². The molecule has 2 N–H and O–H groups in total. The van der Waals surface area contributed by atoms with Gasteiger partial charge in [-0.05, 0) is 35.9 Å². The summed E-state index contributed by atoms with van der Waals surface area (Å²) in [6.07, 6.45) is 1.79. The van der Waals surface area contributed by atoms with Gasteiger partial charge in [0.15, 0.2) is 22.0 Å². The van der Waals surface area contributed by atoms with Crippen molar-refractivity contribution in [1.29, 1.82) is 0 Å². The van der Waals surface area contributed by atoms with Gasteiger partial charge in [0.1, 0.15) is 0 Å². The van der Waals surface area contributed by atoms with Crippen LogP contribution >= 0.6 is 23.2 Å². The lowest BCUT2D eigenvalue weighted by Gasteiger charge is -1.98. The normalized spacial score (nSPS) is 11.2. The molecule has 0 aromatic carbocycles. The zero-order valence-corrected chi connectivity index (χ0v) is 10.0. The maximum absolute atomic E-state index is 6.04. The summed E-state index contributed by atoms with van der Waals surface area (Å²) < 4.78 is 7.11. The van der Waals surface area contributed by atoms with E-state index in [1.807, 2.05) is 0 Å². The summed E-state index contributed by atoms with van der Waals surface area (Å²) in [5, 5.41) is 0.683. The van der Waals surface area contributed by atoms with Crippen LogP contribution in [0.5, 0.6) is 0 Å². The summed E-state index contributed by atoms with van der Waals surface area (Å²) in [7, 11) is 0. The summed E-state index contributed by atoms with van der Waals surface area (Å²) in [5.74, 6) is 1.15. The van der Waals surface area contributed by atoms with Crippen LogP contribution in [0.4, 0.5) is 5.69 Å². The summed E-state index contributed by atoms with van der Waals surface area (Å²) in [4.78, 5) is 4.23. The molecular formula is C11H7Cl2N3O. The van der Waals surface area contributed by atoms with Crippen LogP contribution in [0.1, 0.15) is 0 Å². The lowest BCUT2D eigenvalue weighted by atomic mass is 10.3. The number of pyridine rings is 1. The Hall–Kier alpha value is -1.65. The Balaban J connectivity index is 2.31. The zero-order chi connectivity index (χ0) is 12.0. The maximum Gasteiger partial charge on any atom is 0.194 e. The molecule has 0 saturated carbocycles. The molecule has 0 saturated heterocycles. The van der Waals surface area contributed by atoms with Gasteiger partial charge in [-0.25, -0.2) is 4.98 Å². The number of aromatic nitrogens is 2. The summed E-state index contributed by atoms with van der Waals surface area (Å²) in [5.41, 5.74) is 7.06. The molecule has 0 radical (unpaired) electrons. The first-order chi connectivity index (χ1) is 8.15. The molecular weight excluding hydrogens is 261 g/mol. The first kappa shape index (κ1) is 10.5. The fourth-order valence-electron chi connectivity index (χ4n) is 1.67. The largest absolute Gasteiger partial charge is 0.441 e. The first-order valence-electron chi connectivity index (χ1n) is 4.84. The van der Waals surface area contributed by atoms with Gasteiger partial charge in [0.05, 0.1) is 5.52 Å². The summed E-state index contributed by atoms with van der Waals surface area (Å²) in [6.45, 7) is 0. The number of hydrogen-bond acceptors (Lipinski definition) is 3. The van der Waals surface area contributed by atoms with Crippen molar-refractivity contribution in [2.24, 2.45) is 0 Å². The highest BCUT2D eigenvalue weighted by molar-refractivity contribution is 6.33. The number of anilines is 1. The van der Waals surface area contributed by atoms with Gasteiger partial charge >= 0.3 is 0 Å². The predicted molar refractivity (Wildman–Crippen MR) is 67.3 cm³/mol. The number of nitrogens with zero attached hydrogens (tertiary/aromatic N) is 2. The van der Waals surface area contributed by atoms with E-state index in [1.165, 1.54) is 0 Å². The van der Waals surface area contributed by atoms with Crippen molar-refractivity contribution in [3.8, 4) is 11.6 Å². The van der Waals surface area contributed by atoms with Gasteiger partial charge in [0.25, 0.3) is 0 Å². The predicted octanol–water partition coefficient (Wildman–Crippen LogP) is 3.48. The second-order valence-corrected chi connectivity index (χ2v) is 4.28. The zero-order valence-electron chi connectivity index (χ0n) is 8.52. The van der Waals surface area contributed by atoms with E-state index in [0.29, 0.717) is 27.6 Å². The van der Waals surface area contributed by atoms with Gasteiger partial charge in [0.2, 0.25) is 0 Å². The molecule has 86 valence electrons. The average molecular weight is 268 g/mol. The molecule has 0 aliphatic carbocycles. The fraction of sp³-hybridized carbons (Fsp3) is 0. The molecule has 0 fully saturated rings. The Bertz CT molecular complexity index is 702. The van der Waals surface area contributed by atoms with Crippen LogP contribution in [-0.2, 0) is 0 Å². The van der Waals surface area contributed by atoms with Crippen molar-refractivity contribution in [3.05, 3.63) is 40.8 Å². The minimum absolute atomic E-state index is 0.309. The number of rotatable bonds is 1. The second-order valence-electron chi connectivity index (χ2n) is 3.55. The van der Waals surface area contributed by atoms with Gasteiger partial charge in [-0.2, -0.15) is 0 Å². The van der Waals surface area contributed by atoms with Gasteiger partial charge in [-0.15, -0.1) is 0 Å². The molecule has 0 aliphatic heterocycles. The molecule has 0 spiro atoms. The van der Waals surface area contributed by atoms with Crippen LogP contribution in [0.3, 0.4) is 0 Å². The van der Waals surface area contributed by atoms with Crippen molar-refractivity contribution in [1.82, 2.24) is 9.38 Å². The quantitative estimate of drug-likeness (QED) is 0.735. The molecule has 0 atom stereocenters. The minimum Gasteiger partial charge on any atom is -0.441 e. The molecule has 0 unspecified atom stereocenters. The summed E-state index contributed by atoms with van der Waals surface area (Å²) >= 11 is 11.8. The number of imidazole rings is 1. The van der Waals surface area contributed by atoms with E-state index < -0.39 is 0 Å². The second kappa shape index (κ2) is 3.68. The average Bonchev–Trinajstić information content (AvgIpc) is 2.84. The van der Waals surface area contributed by atoms with Crippen molar-refractivity contribution >= 4 is 34.4 Å². The van der Waals surface area contributed by atoms with E-state index in [4.69, 9.17) is 33.4 Å². The van der Waals surface area contributed by atoms with Crippen LogP contribution in [0.25, 0.3) is 17.1 Å². The van der Waals surface area contributed by atoms with Gasteiger partial charge in [-0.1, -0.05) is 11.6 Å². The standard InChI is InChI=1S/C11H7Cl2N3O/c12-9-2-1-8(17-9)11-15-10(13)7-5-6(14)3-4-16(7)11/h1-5H,14H2. The van der Waals surface area contributed by atoms with Crippen molar-refractivity contribution in [2.45, 2.75) is 0 Å². The number of furan rings is 1. The highest BCUT2D eigenvalue weighted by Gasteiger charge is 2.14. The molecule has 3 heterocycles. The molecule has 0 bridgehead atoms. The van der Waals surface area contributed by atoms with E-state index >= 15 is 0 Å². The third-order valence-corrected chi connectivity index (χ3v) is 2.90. The van der Waals surface area contributed by atoms with E-state index in [1.54, 1.807) is 34.9 Å². The number of hydrogen-bond donors (Lipinski definition) is 1. The van der Waals surface area contributed by atoms with Crippen molar-refractivity contribution in [3.63, 3.8) is 0 Å². The first-order valence-corrected chi connectivity index (χ1v) is 5.59. The SMILES string of the molecule is Nc1ccn2c(-c3ccc(Cl)o3)nc(Cl)c2c1. The maximum atomic E-state index is 6.04. The molecule has 0 amide bonds. The Kier molecular flexibility index (Phi) is 2.28. The van der Waals surface area contributed by atoms with Crippen LogP contribution in [0, 0.1) is 0 Å². The summed E-state index contributed by atoms with van der Waals surface area (Å²) in [6, 6.07) is 6.91. The molecule has 3 rings (SSSR count). The molecule has 3 aromatic heterocycles. The van der Waals surface area contributed by atoms with E-state index in [2.05, 4.69) is 4.98 Å². The van der Waals surface area contributed by atoms with Gasteiger partial charge in [-0.3, -0.25) is 4.40 Å². The van der Waals surface area contributed by atoms with E-state index in [-0.39, 0.29) is 0 Å². The Morgan fingerprint density at radius 3 is 2.76 bits per heavy atom. The molecule has 3 aromatic rings. The molecule has 6 heteroatoms. The monoisotopic (exact) mass is 267 g/mol. The fourth-order valence-corrected chi connectivity index (χ4v) is 2.04. The highest BCUT2D eigenvalue weighted by atomic mass is 35.5. The lowest BCUT2D eigenvalue weighted by Crippen LogP contribution is -1.90. The lowest BCUT2D eigenvalue weighted by molar-refractivity contribution is 0.579. The number of nitrogen functional groups attached to an aromatic ring is 1. The molecule has 0 aliphatic rings. The van der Waals surface area contributed by atoms with E-state index in [0.717, 1.165) is 5.52 Å². The van der Waals surface area contributed by atoms with Crippen LogP contribution in [0.15, 0.2) is 34.9 Å². The number of fused-ring (bicyclic) bond motifs is 1. The van der Waals surface area contributed by atoms with E-state index in [9.17, 15) is 0 Å². The minimum atomic E-state index is 0.309. The topological polar surface area (TPSA) is 56.5 Å². The van der Waals surface area contributed by atoms with Crippen molar-refractivity contribution in [2.75, 3.05) is 5.73 Å². The Morgan fingerprint density at radius 1 is 1.24 bits per heavy atom. The van der Waals surface area contributed by atoms with Crippen LogP contribution < -0.4 is 5.73 Å². The third kappa shape index (κ3) is 1.66. The van der Waals surface area contributed by atoms with Gasteiger partial charge < -0.3 is 10.2 Å². The smallest absolute Gasteiger partial charge is 0.194 e. The number of nitrogens with two attached hydrogens (primary N) is 1. The third-order valence-electron chi connectivity index (χ3n) is 2.42.